The summed E-state index contributed by atoms with van der Waals surface area (Å²) in [4.78, 5) is 42.7. The molecule has 3 aliphatic heterocycles. The highest BCUT2D eigenvalue weighted by atomic mass is 19.2. The first kappa shape index (κ1) is 42.5. The predicted molar refractivity (Wildman–Crippen MR) is 246 cm³/mol. The van der Waals surface area contributed by atoms with Crippen LogP contribution in [0.5, 0.6) is 0 Å². The smallest absolute Gasteiger partial charge is 0.159 e. The minimum Gasteiger partial charge on any atom is -0.356 e. The molecule has 13 nitrogen and oxygen atoms in total. The van der Waals surface area contributed by atoms with Crippen molar-refractivity contribution in [2.75, 3.05) is 93.2 Å². The standard InChI is InChI=1S/C27H31F2N7.C21H20F2N6/c1-33-22-7-9-30-26(35-10-3-2-4-11-35)23(22)24-25(33)27(32-18-31-24)36-15-13-34(14-16-36)12-8-19-5-6-20(28)21(29)17-19;22-15-4-3-14(12-16(15)23)5-7-28-8-10-29(11-9-28)21-20-19(25-13-26-21)18-17(27-20)2-1-6-24-18/h5-7,9,17-18H,2-4,8,10-16H2,1H3;1-4,6,12-13,27H,5,7-11H2. The van der Waals surface area contributed by atoms with Crippen molar-refractivity contribution in [3.05, 3.63) is 114 Å². The van der Waals surface area contributed by atoms with Crippen molar-refractivity contribution >= 4 is 61.5 Å². The molecule has 3 aliphatic rings. The van der Waals surface area contributed by atoms with Crippen molar-refractivity contribution in [3.8, 4) is 0 Å². The van der Waals surface area contributed by atoms with E-state index in [1.54, 1.807) is 31.0 Å². The molecule has 0 spiro atoms. The minimum atomic E-state index is -0.800. The molecule has 9 heterocycles. The number of rotatable bonds is 9. The zero-order valence-electron chi connectivity index (χ0n) is 36.4. The quantitative estimate of drug-likeness (QED) is 0.148. The van der Waals surface area contributed by atoms with Crippen molar-refractivity contribution in [2.24, 2.45) is 7.05 Å². The Labute approximate surface area is 373 Å². The Kier molecular flexibility index (Phi) is 12.1. The summed E-state index contributed by atoms with van der Waals surface area (Å²) < 4.78 is 55.4. The summed E-state index contributed by atoms with van der Waals surface area (Å²) in [6.07, 6.45) is 12.0. The van der Waals surface area contributed by atoms with E-state index in [0.717, 1.165) is 151 Å². The van der Waals surface area contributed by atoms with Crippen LogP contribution in [0.1, 0.15) is 30.4 Å². The molecule has 0 unspecified atom stereocenters. The summed E-state index contributed by atoms with van der Waals surface area (Å²) in [5, 5.41) is 1.12. The maximum atomic E-state index is 13.5. The van der Waals surface area contributed by atoms with Crippen LogP contribution >= 0.6 is 0 Å². The zero-order valence-corrected chi connectivity index (χ0v) is 36.4. The lowest BCUT2D eigenvalue weighted by Crippen LogP contribution is -2.47. The monoisotopic (exact) mass is 885 g/mol. The van der Waals surface area contributed by atoms with Crippen LogP contribution in [-0.2, 0) is 19.9 Å². The molecule has 6 aromatic heterocycles. The van der Waals surface area contributed by atoms with Crippen molar-refractivity contribution in [1.29, 1.82) is 0 Å². The second-order valence-corrected chi connectivity index (χ2v) is 17.1. The average molecular weight is 886 g/mol. The Balaban J connectivity index is 0.000000157. The molecule has 3 saturated heterocycles. The Morgan fingerprint density at radius 2 is 1.11 bits per heavy atom. The van der Waals surface area contributed by atoms with Gasteiger partial charge < -0.3 is 24.3 Å². The van der Waals surface area contributed by atoms with Crippen LogP contribution < -0.4 is 14.7 Å². The third kappa shape index (κ3) is 8.74. The molecule has 0 amide bonds. The second kappa shape index (κ2) is 18.6. The van der Waals surface area contributed by atoms with Crippen LogP contribution in [0.25, 0.3) is 44.0 Å². The number of H-pyrrole nitrogens is 1. The molecule has 0 saturated carbocycles. The molecule has 65 heavy (non-hydrogen) atoms. The molecule has 2 aromatic carbocycles. The SMILES string of the molecule is Cn1c2ccnc(N3CCCCC3)c2c2ncnc(N3CCN(CCc4ccc(F)c(F)c4)CC3)c21.Fc1ccc(CCN2CCN(c3ncnc4c3[nH]c3cccnc34)CC2)cc1F. The fourth-order valence-electron chi connectivity index (χ4n) is 9.58. The van der Waals surface area contributed by atoms with Gasteiger partial charge in [-0.1, -0.05) is 12.1 Å². The van der Waals surface area contributed by atoms with Crippen LogP contribution in [-0.4, -0.2) is 128 Å². The highest BCUT2D eigenvalue weighted by molar-refractivity contribution is 6.13. The van der Waals surface area contributed by atoms with E-state index in [0.29, 0.717) is 12.8 Å². The van der Waals surface area contributed by atoms with Crippen LogP contribution in [0, 0.1) is 23.3 Å². The first-order valence-electron chi connectivity index (χ1n) is 22.5. The highest BCUT2D eigenvalue weighted by Gasteiger charge is 2.26. The second-order valence-electron chi connectivity index (χ2n) is 17.1. The number of nitrogens with zero attached hydrogens (tertiary/aromatic N) is 12. The first-order chi connectivity index (χ1) is 31.8. The summed E-state index contributed by atoms with van der Waals surface area (Å²) in [5.41, 5.74) is 8.35. The van der Waals surface area contributed by atoms with E-state index in [4.69, 9.17) is 15.0 Å². The summed E-state index contributed by atoms with van der Waals surface area (Å²) in [7, 11) is 2.09. The lowest BCUT2D eigenvalue weighted by Gasteiger charge is -2.35. The van der Waals surface area contributed by atoms with E-state index in [1.165, 1.54) is 43.5 Å². The van der Waals surface area contributed by atoms with E-state index in [-0.39, 0.29) is 0 Å². The topological polar surface area (TPSA) is 114 Å². The number of aromatic amines is 1. The van der Waals surface area contributed by atoms with E-state index in [1.807, 2.05) is 18.3 Å². The first-order valence-corrected chi connectivity index (χ1v) is 22.5. The van der Waals surface area contributed by atoms with Gasteiger partial charge in [0.25, 0.3) is 0 Å². The average Bonchev–Trinajstić information content (AvgIpc) is 3.88. The number of nitrogens with one attached hydrogen (secondary N) is 1. The van der Waals surface area contributed by atoms with Crippen LogP contribution in [0.3, 0.4) is 0 Å². The molecular weight excluding hydrogens is 835 g/mol. The van der Waals surface area contributed by atoms with E-state index in [2.05, 4.69) is 62.1 Å². The lowest BCUT2D eigenvalue weighted by molar-refractivity contribution is 0.260. The maximum Gasteiger partial charge on any atom is 0.159 e. The van der Waals surface area contributed by atoms with Crippen LogP contribution in [0.15, 0.2) is 79.6 Å². The number of aryl methyl sites for hydroxylation is 1. The molecule has 0 atom stereocenters. The van der Waals surface area contributed by atoms with Gasteiger partial charge in [0.1, 0.15) is 46.1 Å². The number of halogens is 4. The van der Waals surface area contributed by atoms with Gasteiger partial charge in [-0.05, 0) is 85.7 Å². The number of anilines is 3. The Hall–Kier alpha value is -6.46. The highest BCUT2D eigenvalue weighted by Crippen LogP contribution is 2.37. The zero-order chi connectivity index (χ0) is 44.4. The normalized spacial score (nSPS) is 16.5. The molecule has 0 bridgehead atoms. The van der Waals surface area contributed by atoms with Crippen LogP contribution in [0.4, 0.5) is 35.0 Å². The number of benzene rings is 2. The van der Waals surface area contributed by atoms with Crippen molar-refractivity contribution in [2.45, 2.75) is 32.1 Å². The number of piperidine rings is 1. The van der Waals surface area contributed by atoms with Gasteiger partial charge in [0.2, 0.25) is 0 Å². The summed E-state index contributed by atoms with van der Waals surface area (Å²) >= 11 is 0. The van der Waals surface area contributed by atoms with Gasteiger partial charge in [-0.3, -0.25) is 14.8 Å². The van der Waals surface area contributed by atoms with E-state index < -0.39 is 23.3 Å². The van der Waals surface area contributed by atoms with Crippen molar-refractivity contribution in [3.63, 3.8) is 0 Å². The summed E-state index contributed by atoms with van der Waals surface area (Å²) in [5.74, 6) is -0.269. The molecule has 11 rings (SSSR count). The van der Waals surface area contributed by atoms with E-state index >= 15 is 0 Å². The van der Waals surface area contributed by atoms with Crippen molar-refractivity contribution in [1.82, 2.24) is 49.3 Å². The number of piperazine rings is 2. The maximum absolute atomic E-state index is 13.5. The van der Waals surface area contributed by atoms with Gasteiger partial charge in [0.05, 0.1) is 16.4 Å². The Morgan fingerprint density at radius 3 is 1.74 bits per heavy atom. The number of hydrogen-bond donors (Lipinski definition) is 1. The Morgan fingerprint density at radius 1 is 0.523 bits per heavy atom. The van der Waals surface area contributed by atoms with Gasteiger partial charge in [0.15, 0.2) is 34.9 Å². The Bertz CT molecular complexity index is 2950. The fourth-order valence-corrected chi connectivity index (χ4v) is 9.58. The molecule has 1 N–H and O–H groups in total. The molecule has 0 radical (unpaired) electrons. The van der Waals surface area contributed by atoms with Gasteiger partial charge in [-0.2, -0.15) is 0 Å². The van der Waals surface area contributed by atoms with Crippen molar-refractivity contribution < 1.29 is 17.6 Å². The predicted octanol–water partition coefficient (Wildman–Crippen LogP) is 7.30. The molecule has 3 fully saturated rings. The number of pyridine rings is 2. The molecule has 17 heteroatoms. The lowest BCUT2D eigenvalue weighted by atomic mass is 10.1. The minimum absolute atomic E-state index is 0.697. The third-order valence-electron chi connectivity index (χ3n) is 13.2. The molecule has 336 valence electrons. The molecular formula is C48H51F4N13. The number of hydrogen-bond acceptors (Lipinski definition) is 11. The summed E-state index contributed by atoms with van der Waals surface area (Å²) in [6.45, 7) is 10.6. The van der Waals surface area contributed by atoms with Gasteiger partial charge in [-0.25, -0.2) is 42.5 Å². The molecule has 0 aliphatic carbocycles. The number of aromatic nitrogens is 8. The molecule has 8 aromatic rings. The number of fused-ring (bicyclic) bond motifs is 6. The van der Waals surface area contributed by atoms with Crippen LogP contribution in [0.2, 0.25) is 0 Å². The largest absolute Gasteiger partial charge is 0.356 e. The van der Waals surface area contributed by atoms with E-state index in [9.17, 15) is 17.6 Å². The fraction of sp³-hybridized carbons (Fsp3) is 0.375. The summed E-state index contributed by atoms with van der Waals surface area (Å²) in [6, 6.07) is 14.3. The van der Waals surface area contributed by atoms with Gasteiger partial charge in [-0.15, -0.1) is 0 Å². The third-order valence-corrected chi connectivity index (χ3v) is 13.2. The van der Waals surface area contributed by atoms with Gasteiger partial charge >= 0.3 is 0 Å². The van der Waals surface area contributed by atoms with Gasteiger partial charge in [0, 0.05) is 98.0 Å².